The van der Waals surface area contributed by atoms with Crippen molar-refractivity contribution >= 4 is 5.91 Å². The van der Waals surface area contributed by atoms with Crippen molar-refractivity contribution in [2.45, 2.75) is 13.0 Å². The minimum absolute atomic E-state index is 0.0926. The lowest BCUT2D eigenvalue weighted by molar-refractivity contribution is -0.126. The van der Waals surface area contributed by atoms with Crippen LogP contribution < -0.4 is 14.8 Å². The van der Waals surface area contributed by atoms with Crippen LogP contribution in [0, 0.1) is 5.82 Å². The van der Waals surface area contributed by atoms with Crippen molar-refractivity contribution in [2.75, 3.05) is 27.4 Å². The molecular formula is C22H23FN2O5. The van der Waals surface area contributed by atoms with Crippen LogP contribution in [-0.4, -0.2) is 38.4 Å². The zero-order valence-electron chi connectivity index (χ0n) is 16.8. The van der Waals surface area contributed by atoms with Gasteiger partial charge in [-0.2, -0.15) is 0 Å². The first-order chi connectivity index (χ1) is 14.6. The smallest absolute Gasteiger partial charge is 0.246 e. The van der Waals surface area contributed by atoms with Gasteiger partial charge in [0.2, 0.25) is 5.91 Å². The largest absolute Gasteiger partial charge is 0.493 e. The molecule has 0 aliphatic rings. The van der Waals surface area contributed by atoms with Crippen LogP contribution in [0.5, 0.6) is 11.5 Å². The summed E-state index contributed by atoms with van der Waals surface area (Å²) in [4.78, 5) is 11.9. The minimum Gasteiger partial charge on any atom is -0.493 e. The SMILES string of the molecule is COc1ccc(CCNC(=O)COCc2cc(-c3ccc(F)cc3)on2)cc1OC. The molecule has 0 aliphatic heterocycles. The first-order valence-electron chi connectivity index (χ1n) is 9.36. The number of amides is 1. The van der Waals surface area contributed by atoms with Crippen molar-refractivity contribution < 1.29 is 27.9 Å². The van der Waals surface area contributed by atoms with E-state index in [4.69, 9.17) is 18.7 Å². The number of aromatic nitrogens is 1. The summed E-state index contributed by atoms with van der Waals surface area (Å²) >= 11 is 0. The number of rotatable bonds is 10. The van der Waals surface area contributed by atoms with Crippen molar-refractivity contribution in [3.63, 3.8) is 0 Å². The van der Waals surface area contributed by atoms with Gasteiger partial charge in [-0.3, -0.25) is 4.79 Å². The predicted octanol–water partition coefficient (Wildman–Crippen LogP) is 3.37. The van der Waals surface area contributed by atoms with E-state index in [1.807, 2.05) is 18.2 Å². The average Bonchev–Trinajstić information content (AvgIpc) is 3.23. The van der Waals surface area contributed by atoms with Crippen LogP contribution in [0.1, 0.15) is 11.3 Å². The number of halogens is 1. The highest BCUT2D eigenvalue weighted by Gasteiger charge is 2.09. The van der Waals surface area contributed by atoms with Crippen LogP contribution in [-0.2, 0) is 22.6 Å². The molecule has 0 atom stereocenters. The molecule has 0 bridgehead atoms. The van der Waals surface area contributed by atoms with E-state index in [-0.39, 0.29) is 24.9 Å². The van der Waals surface area contributed by atoms with E-state index in [2.05, 4.69) is 10.5 Å². The molecule has 1 N–H and O–H groups in total. The molecular weight excluding hydrogens is 391 g/mol. The number of hydrogen-bond acceptors (Lipinski definition) is 6. The summed E-state index contributed by atoms with van der Waals surface area (Å²) in [5, 5.41) is 6.70. The van der Waals surface area contributed by atoms with Crippen LogP contribution in [0.2, 0.25) is 0 Å². The van der Waals surface area contributed by atoms with Crippen LogP contribution in [0.15, 0.2) is 53.1 Å². The number of methoxy groups -OCH3 is 2. The third-order valence-corrected chi connectivity index (χ3v) is 4.35. The third-order valence-electron chi connectivity index (χ3n) is 4.35. The van der Waals surface area contributed by atoms with Gasteiger partial charge in [0.1, 0.15) is 18.1 Å². The van der Waals surface area contributed by atoms with Gasteiger partial charge in [0.05, 0.1) is 20.8 Å². The first kappa shape index (κ1) is 21.3. The van der Waals surface area contributed by atoms with Crippen molar-refractivity contribution in [1.29, 1.82) is 0 Å². The highest BCUT2D eigenvalue weighted by atomic mass is 19.1. The van der Waals surface area contributed by atoms with E-state index in [0.717, 1.165) is 5.56 Å². The molecule has 1 amide bonds. The Bertz CT molecular complexity index is 972. The quantitative estimate of drug-likeness (QED) is 0.548. The van der Waals surface area contributed by atoms with E-state index in [1.165, 1.54) is 12.1 Å². The summed E-state index contributed by atoms with van der Waals surface area (Å²) in [6, 6.07) is 13.2. The summed E-state index contributed by atoms with van der Waals surface area (Å²) in [5.74, 6) is 1.27. The van der Waals surface area contributed by atoms with Crippen LogP contribution in [0.4, 0.5) is 4.39 Å². The fraction of sp³-hybridized carbons (Fsp3) is 0.273. The molecule has 2 aromatic carbocycles. The van der Waals surface area contributed by atoms with Crippen LogP contribution in [0.25, 0.3) is 11.3 Å². The zero-order valence-corrected chi connectivity index (χ0v) is 16.8. The number of hydrogen-bond donors (Lipinski definition) is 1. The van der Waals surface area contributed by atoms with Gasteiger partial charge in [0.15, 0.2) is 17.3 Å². The van der Waals surface area contributed by atoms with Crippen molar-refractivity contribution in [1.82, 2.24) is 10.5 Å². The molecule has 0 radical (unpaired) electrons. The fourth-order valence-electron chi connectivity index (χ4n) is 2.81. The van der Waals surface area contributed by atoms with Gasteiger partial charge in [-0.05, 0) is 48.4 Å². The zero-order chi connectivity index (χ0) is 21.3. The van der Waals surface area contributed by atoms with Gasteiger partial charge in [0, 0.05) is 18.2 Å². The molecule has 3 aromatic rings. The number of carbonyl (C=O) groups is 1. The number of carbonyl (C=O) groups excluding carboxylic acids is 1. The molecule has 0 saturated heterocycles. The lowest BCUT2D eigenvalue weighted by Crippen LogP contribution is -2.29. The summed E-state index contributed by atoms with van der Waals surface area (Å²) in [6.07, 6.45) is 0.649. The lowest BCUT2D eigenvalue weighted by Gasteiger charge is -2.10. The Morgan fingerprint density at radius 3 is 2.57 bits per heavy atom. The van der Waals surface area contributed by atoms with Gasteiger partial charge in [0.25, 0.3) is 0 Å². The minimum atomic E-state index is -0.320. The summed E-state index contributed by atoms with van der Waals surface area (Å²) in [5.41, 5.74) is 2.28. The van der Waals surface area contributed by atoms with Crippen molar-refractivity contribution in [2.24, 2.45) is 0 Å². The van der Waals surface area contributed by atoms with Crippen LogP contribution >= 0.6 is 0 Å². The Hall–Kier alpha value is -3.39. The molecule has 0 spiro atoms. The monoisotopic (exact) mass is 414 g/mol. The fourth-order valence-corrected chi connectivity index (χ4v) is 2.81. The van der Waals surface area contributed by atoms with E-state index in [9.17, 15) is 9.18 Å². The molecule has 7 nitrogen and oxygen atoms in total. The molecule has 8 heteroatoms. The Balaban J connectivity index is 1.39. The number of nitrogens with zero attached hydrogens (tertiary/aromatic N) is 1. The maximum absolute atomic E-state index is 13.0. The molecule has 1 heterocycles. The molecule has 3 rings (SSSR count). The van der Waals surface area contributed by atoms with Crippen molar-refractivity contribution in [3.05, 3.63) is 65.6 Å². The molecule has 30 heavy (non-hydrogen) atoms. The Morgan fingerprint density at radius 1 is 1.07 bits per heavy atom. The standard InChI is InChI=1S/C22H23FN2O5/c1-27-19-8-3-15(11-21(19)28-2)9-10-24-22(26)14-29-13-18-12-20(30-25-18)16-4-6-17(23)7-5-16/h3-8,11-12H,9-10,13-14H2,1-2H3,(H,24,26). The maximum atomic E-state index is 13.0. The van der Waals surface area contributed by atoms with Gasteiger partial charge in [-0.1, -0.05) is 11.2 Å². The van der Waals surface area contributed by atoms with E-state index in [1.54, 1.807) is 32.4 Å². The van der Waals surface area contributed by atoms with Gasteiger partial charge < -0.3 is 24.1 Å². The maximum Gasteiger partial charge on any atom is 0.246 e. The lowest BCUT2D eigenvalue weighted by atomic mass is 10.1. The van der Waals surface area contributed by atoms with Gasteiger partial charge in [-0.25, -0.2) is 4.39 Å². The first-order valence-corrected chi connectivity index (χ1v) is 9.36. The van der Waals surface area contributed by atoms with Gasteiger partial charge >= 0.3 is 0 Å². The third kappa shape index (κ3) is 5.81. The van der Waals surface area contributed by atoms with E-state index in [0.29, 0.717) is 41.5 Å². The Morgan fingerprint density at radius 2 is 1.83 bits per heavy atom. The predicted molar refractivity (Wildman–Crippen MR) is 108 cm³/mol. The second kappa shape index (κ2) is 10.4. The molecule has 0 saturated carbocycles. The number of ether oxygens (including phenoxy) is 3. The molecule has 0 aliphatic carbocycles. The number of benzene rings is 2. The highest BCUT2D eigenvalue weighted by molar-refractivity contribution is 5.77. The van der Waals surface area contributed by atoms with Crippen LogP contribution in [0.3, 0.4) is 0 Å². The van der Waals surface area contributed by atoms with Crippen molar-refractivity contribution in [3.8, 4) is 22.8 Å². The summed E-state index contributed by atoms with van der Waals surface area (Å²) < 4.78 is 34.1. The number of nitrogens with one attached hydrogen (secondary N) is 1. The summed E-state index contributed by atoms with van der Waals surface area (Å²) in [6.45, 7) is 0.509. The Labute approximate surface area is 173 Å². The molecule has 1 aromatic heterocycles. The Kier molecular flexibility index (Phi) is 7.40. The topological polar surface area (TPSA) is 82.8 Å². The summed E-state index contributed by atoms with van der Waals surface area (Å²) in [7, 11) is 3.17. The normalized spacial score (nSPS) is 10.6. The van der Waals surface area contributed by atoms with E-state index < -0.39 is 0 Å². The average molecular weight is 414 g/mol. The second-order valence-corrected chi connectivity index (χ2v) is 6.47. The molecule has 158 valence electrons. The second-order valence-electron chi connectivity index (χ2n) is 6.47. The molecule has 0 unspecified atom stereocenters. The highest BCUT2D eigenvalue weighted by Crippen LogP contribution is 2.27. The van der Waals surface area contributed by atoms with E-state index >= 15 is 0 Å². The van der Waals surface area contributed by atoms with Gasteiger partial charge in [-0.15, -0.1) is 0 Å². The molecule has 0 fully saturated rings.